The van der Waals surface area contributed by atoms with Crippen molar-refractivity contribution in [2.24, 2.45) is 5.73 Å². The number of nitrogens with zero attached hydrogens (tertiary/aromatic N) is 1. The van der Waals surface area contributed by atoms with Gasteiger partial charge in [0, 0.05) is 0 Å². The van der Waals surface area contributed by atoms with E-state index in [4.69, 9.17) is 15.4 Å². The summed E-state index contributed by atoms with van der Waals surface area (Å²) in [6.07, 6.45) is 3.87. The summed E-state index contributed by atoms with van der Waals surface area (Å²) in [6.45, 7) is 0. The normalized spacial score (nSPS) is 11.8. The minimum atomic E-state index is -2.25. The Morgan fingerprint density at radius 3 is 2.12 bits per heavy atom. The minimum Gasteiger partial charge on any atom is -0.457 e. The van der Waals surface area contributed by atoms with Gasteiger partial charge in [-0.15, -0.1) is 0 Å². The minimum absolute atomic E-state index is 0.0118. The highest BCUT2D eigenvalue weighted by Gasteiger charge is 2.28. The van der Waals surface area contributed by atoms with Gasteiger partial charge in [0.15, 0.2) is 23.3 Å². The summed E-state index contributed by atoms with van der Waals surface area (Å²) >= 11 is 4.62. The molecule has 0 aliphatic heterocycles. The molecule has 0 saturated heterocycles. The summed E-state index contributed by atoms with van der Waals surface area (Å²) in [7, 11) is 0. The molecule has 9 heteroatoms. The van der Waals surface area contributed by atoms with Crippen LogP contribution in [0.2, 0.25) is 0 Å². The largest absolute Gasteiger partial charge is 0.457 e. The highest BCUT2D eigenvalue weighted by Crippen LogP contribution is 2.32. The lowest BCUT2D eigenvalue weighted by Crippen LogP contribution is -2.09. The van der Waals surface area contributed by atoms with Gasteiger partial charge in [-0.2, -0.15) is 5.26 Å². The highest BCUT2D eigenvalue weighted by molar-refractivity contribution is 7.80. The van der Waals surface area contributed by atoms with Crippen LogP contribution in [0.5, 0.6) is 0 Å². The summed E-state index contributed by atoms with van der Waals surface area (Å²) in [4.78, 5) is -0.131. The fourth-order valence-electron chi connectivity index (χ4n) is 1.81. The Bertz CT molecular complexity index is 927. The quantitative estimate of drug-likeness (QED) is 0.165. The lowest BCUT2D eigenvalue weighted by molar-refractivity contribution is 0.378. The van der Waals surface area contributed by atoms with Crippen molar-refractivity contribution in [2.75, 3.05) is 0 Å². The molecule has 2 rings (SSSR count). The van der Waals surface area contributed by atoms with E-state index in [0.29, 0.717) is 0 Å². The van der Waals surface area contributed by atoms with Crippen LogP contribution in [0.25, 0.3) is 17.4 Å². The van der Waals surface area contributed by atoms with Crippen LogP contribution >= 0.6 is 12.2 Å². The van der Waals surface area contributed by atoms with Crippen molar-refractivity contribution in [1.29, 1.82) is 5.26 Å². The maximum absolute atomic E-state index is 13.7. The number of furan rings is 1. The second kappa shape index (κ2) is 7.27. The van der Waals surface area contributed by atoms with Gasteiger partial charge < -0.3 is 10.2 Å². The number of nitriles is 1. The molecular weight excluding hydrogens is 363 g/mol. The first kappa shape index (κ1) is 18.4. The molecule has 25 heavy (non-hydrogen) atoms. The molecule has 0 atom stereocenters. The molecular formula is C16H7F5N2OS. The Labute approximate surface area is 143 Å². The fourth-order valence-corrected chi connectivity index (χ4v) is 1.93. The van der Waals surface area contributed by atoms with Crippen LogP contribution in [-0.2, 0) is 0 Å². The molecule has 0 unspecified atom stereocenters. The molecule has 0 amide bonds. The van der Waals surface area contributed by atoms with E-state index in [9.17, 15) is 22.0 Å². The van der Waals surface area contributed by atoms with Crippen molar-refractivity contribution >= 4 is 23.3 Å². The average molecular weight is 370 g/mol. The number of benzene rings is 1. The van der Waals surface area contributed by atoms with Crippen molar-refractivity contribution in [3.63, 3.8) is 0 Å². The van der Waals surface area contributed by atoms with E-state index in [2.05, 4.69) is 12.2 Å². The average Bonchev–Trinajstić information content (AvgIpc) is 3.03. The Hall–Kier alpha value is -2.99. The van der Waals surface area contributed by atoms with Crippen molar-refractivity contribution in [1.82, 2.24) is 0 Å². The molecule has 0 aliphatic rings. The predicted octanol–water partition coefficient (Wildman–Crippen LogP) is 4.39. The molecule has 2 N–H and O–H groups in total. The number of rotatable bonds is 4. The monoisotopic (exact) mass is 370 g/mol. The van der Waals surface area contributed by atoms with Crippen LogP contribution in [0.4, 0.5) is 22.0 Å². The summed E-state index contributed by atoms with van der Waals surface area (Å²) in [5.41, 5.74) is 4.12. The van der Waals surface area contributed by atoms with Crippen molar-refractivity contribution in [3.05, 3.63) is 64.7 Å². The topological polar surface area (TPSA) is 63.0 Å². The zero-order valence-electron chi connectivity index (χ0n) is 12.1. The number of allylic oxidation sites excluding steroid dienone is 2. The third-order valence-corrected chi connectivity index (χ3v) is 3.21. The second-order valence-electron chi connectivity index (χ2n) is 4.56. The summed E-state index contributed by atoms with van der Waals surface area (Å²) < 4.78 is 72.0. The van der Waals surface area contributed by atoms with E-state index < -0.39 is 40.4 Å². The van der Waals surface area contributed by atoms with Crippen LogP contribution in [0.1, 0.15) is 5.76 Å². The molecule has 1 aromatic carbocycles. The molecule has 0 fully saturated rings. The van der Waals surface area contributed by atoms with Gasteiger partial charge in [-0.05, 0) is 24.3 Å². The molecule has 0 spiro atoms. The van der Waals surface area contributed by atoms with Gasteiger partial charge in [-0.25, -0.2) is 22.0 Å². The SMILES string of the molecule is N#C/C(=C/C=C/c1ccc(-c2c(F)c(F)c(F)c(F)c2F)o1)C(N)=S. The maximum Gasteiger partial charge on any atom is 0.200 e. The lowest BCUT2D eigenvalue weighted by Gasteiger charge is -2.05. The van der Waals surface area contributed by atoms with Crippen LogP contribution in [0.3, 0.4) is 0 Å². The third kappa shape index (κ3) is 3.59. The number of hydrogen-bond acceptors (Lipinski definition) is 3. The van der Waals surface area contributed by atoms with E-state index >= 15 is 0 Å². The van der Waals surface area contributed by atoms with Gasteiger partial charge in [0.1, 0.15) is 22.6 Å². The number of thiocarbonyl (C=S) groups is 1. The van der Waals surface area contributed by atoms with Gasteiger partial charge in [0.25, 0.3) is 0 Å². The number of halogens is 5. The van der Waals surface area contributed by atoms with Crippen LogP contribution in [0, 0.1) is 40.4 Å². The summed E-state index contributed by atoms with van der Waals surface area (Å²) in [5.74, 6) is -10.9. The molecule has 0 radical (unpaired) electrons. The molecule has 128 valence electrons. The number of nitrogens with two attached hydrogens (primary N) is 1. The van der Waals surface area contributed by atoms with Gasteiger partial charge in [-0.3, -0.25) is 0 Å². The lowest BCUT2D eigenvalue weighted by atomic mass is 10.1. The zero-order valence-corrected chi connectivity index (χ0v) is 12.9. The molecule has 2 aromatic rings. The van der Waals surface area contributed by atoms with Gasteiger partial charge in [0.05, 0.1) is 11.1 Å². The molecule has 0 aliphatic carbocycles. The summed E-state index contributed by atoms with van der Waals surface area (Å²) in [6, 6.07) is 4.03. The Balaban J connectivity index is 2.41. The standard InChI is InChI=1S/C16H7F5N2OS/c17-11-10(12(18)14(20)15(21)13(11)19)9-5-4-8(24-9)3-1-2-7(6-22)16(23)25/h1-5H,(H2,23,25)/b3-1+,7-2-. The Morgan fingerprint density at radius 2 is 1.60 bits per heavy atom. The van der Waals surface area contributed by atoms with Crippen LogP contribution < -0.4 is 5.73 Å². The van der Waals surface area contributed by atoms with Crippen molar-refractivity contribution in [2.45, 2.75) is 0 Å². The van der Waals surface area contributed by atoms with E-state index in [1.54, 1.807) is 6.07 Å². The molecule has 0 bridgehead atoms. The Kier molecular flexibility index (Phi) is 5.34. The number of hydrogen-bond donors (Lipinski definition) is 1. The Morgan fingerprint density at radius 1 is 1.04 bits per heavy atom. The first-order chi connectivity index (χ1) is 11.8. The van der Waals surface area contributed by atoms with E-state index in [1.807, 2.05) is 0 Å². The van der Waals surface area contributed by atoms with Crippen LogP contribution in [0.15, 0.2) is 34.3 Å². The third-order valence-electron chi connectivity index (χ3n) is 2.99. The maximum atomic E-state index is 13.7. The van der Waals surface area contributed by atoms with Gasteiger partial charge >= 0.3 is 0 Å². The molecule has 1 heterocycles. The smallest absolute Gasteiger partial charge is 0.200 e. The molecule has 3 nitrogen and oxygen atoms in total. The van der Waals surface area contributed by atoms with Crippen LogP contribution in [-0.4, -0.2) is 4.99 Å². The van der Waals surface area contributed by atoms with E-state index in [-0.39, 0.29) is 16.3 Å². The molecule has 1 aromatic heterocycles. The molecule has 0 saturated carbocycles. The van der Waals surface area contributed by atoms with E-state index in [1.165, 1.54) is 24.3 Å². The highest BCUT2D eigenvalue weighted by atomic mass is 32.1. The first-order valence-electron chi connectivity index (χ1n) is 6.47. The second-order valence-corrected chi connectivity index (χ2v) is 5.00. The van der Waals surface area contributed by atoms with Crippen molar-refractivity contribution < 1.29 is 26.4 Å². The predicted molar refractivity (Wildman–Crippen MR) is 83.4 cm³/mol. The fraction of sp³-hybridized carbons (Fsp3) is 0. The zero-order chi connectivity index (χ0) is 18.7. The van der Waals surface area contributed by atoms with Gasteiger partial charge in [0.2, 0.25) is 5.82 Å². The van der Waals surface area contributed by atoms with E-state index in [0.717, 1.165) is 6.07 Å². The van der Waals surface area contributed by atoms with Gasteiger partial charge in [-0.1, -0.05) is 18.3 Å². The first-order valence-corrected chi connectivity index (χ1v) is 6.88. The van der Waals surface area contributed by atoms with Crippen molar-refractivity contribution in [3.8, 4) is 17.4 Å². The summed E-state index contributed by atoms with van der Waals surface area (Å²) in [5, 5.41) is 8.75.